The van der Waals surface area contributed by atoms with Crippen LogP contribution in [0.2, 0.25) is 0 Å². The van der Waals surface area contributed by atoms with E-state index >= 15 is 0 Å². The van der Waals surface area contributed by atoms with Crippen molar-refractivity contribution in [1.82, 2.24) is 4.98 Å². The Labute approximate surface area is 121 Å². The van der Waals surface area contributed by atoms with Gasteiger partial charge in [-0.15, -0.1) is 0 Å². The monoisotopic (exact) mass is 292 g/mol. The molecular weight excluding hydrogens is 277 g/mol. The normalized spacial score (nSPS) is 17.6. The van der Waals surface area contributed by atoms with E-state index in [2.05, 4.69) is 22.4 Å². The van der Waals surface area contributed by atoms with Gasteiger partial charge in [0.1, 0.15) is 5.82 Å². The largest absolute Gasteiger partial charge is 0.419 e. The first-order valence-corrected chi connectivity index (χ1v) is 6.89. The number of alkyl halides is 3. The van der Waals surface area contributed by atoms with Crippen molar-refractivity contribution in [2.24, 2.45) is 0 Å². The van der Waals surface area contributed by atoms with E-state index in [9.17, 15) is 13.2 Å². The number of aryl methyl sites for hydroxylation is 1. The second-order valence-corrected chi connectivity index (χ2v) is 5.21. The van der Waals surface area contributed by atoms with E-state index in [1.165, 1.54) is 23.4 Å². The highest BCUT2D eigenvalue weighted by Crippen LogP contribution is 2.35. The highest BCUT2D eigenvalue weighted by molar-refractivity contribution is 5.46. The number of rotatable bonds is 3. The Morgan fingerprint density at radius 1 is 1.14 bits per heavy atom. The predicted octanol–water partition coefficient (Wildman–Crippen LogP) is 4.24. The molecular formula is C16H15F3N2. The van der Waals surface area contributed by atoms with Crippen LogP contribution in [-0.2, 0) is 12.6 Å². The Hall–Kier alpha value is -2.04. The molecule has 1 aromatic carbocycles. The lowest BCUT2D eigenvalue weighted by molar-refractivity contribution is -0.137. The Morgan fingerprint density at radius 3 is 2.76 bits per heavy atom. The highest BCUT2D eigenvalue weighted by atomic mass is 19.4. The molecule has 5 heteroatoms. The van der Waals surface area contributed by atoms with Crippen LogP contribution in [0.15, 0.2) is 42.6 Å². The van der Waals surface area contributed by atoms with Gasteiger partial charge in [-0.2, -0.15) is 13.2 Å². The second kappa shape index (κ2) is 5.39. The van der Waals surface area contributed by atoms with Gasteiger partial charge in [0.25, 0.3) is 0 Å². The van der Waals surface area contributed by atoms with Crippen molar-refractivity contribution in [2.45, 2.75) is 24.9 Å². The summed E-state index contributed by atoms with van der Waals surface area (Å²) in [5.41, 5.74) is 1.81. The molecule has 1 unspecified atom stereocenters. The third-order valence-electron chi connectivity index (χ3n) is 3.89. The lowest BCUT2D eigenvalue weighted by Gasteiger charge is -2.16. The van der Waals surface area contributed by atoms with E-state index in [0.717, 1.165) is 18.9 Å². The number of hydrogen-bond acceptors (Lipinski definition) is 2. The summed E-state index contributed by atoms with van der Waals surface area (Å²) >= 11 is 0. The maximum Gasteiger partial charge on any atom is 0.419 e. The quantitative estimate of drug-likeness (QED) is 0.915. The second-order valence-electron chi connectivity index (χ2n) is 5.21. The zero-order chi connectivity index (χ0) is 14.9. The molecule has 0 bridgehead atoms. The number of benzene rings is 1. The van der Waals surface area contributed by atoms with Crippen LogP contribution in [0.3, 0.4) is 0 Å². The van der Waals surface area contributed by atoms with Crippen molar-refractivity contribution in [1.29, 1.82) is 0 Å². The fourth-order valence-electron chi connectivity index (χ4n) is 2.85. The average Bonchev–Trinajstić information content (AvgIpc) is 2.88. The first kappa shape index (κ1) is 13.9. The Kier molecular flexibility index (Phi) is 3.57. The van der Waals surface area contributed by atoms with Crippen LogP contribution in [0.5, 0.6) is 0 Å². The third kappa shape index (κ3) is 2.86. The van der Waals surface area contributed by atoms with Gasteiger partial charge in [0, 0.05) is 18.7 Å². The standard InChI is InChI=1S/C16H15F3N2/c17-16(18,19)14-6-3-9-20-15(14)21-10-12-8-7-11-4-1-2-5-13(11)12/h1-6,9,12H,7-8,10H2,(H,20,21). The molecule has 0 spiro atoms. The Morgan fingerprint density at radius 2 is 1.95 bits per heavy atom. The van der Waals surface area contributed by atoms with E-state index in [0.29, 0.717) is 6.54 Å². The van der Waals surface area contributed by atoms with Crippen molar-refractivity contribution in [3.05, 3.63) is 59.3 Å². The molecule has 2 nitrogen and oxygen atoms in total. The van der Waals surface area contributed by atoms with Gasteiger partial charge in [0.2, 0.25) is 0 Å². The lowest BCUT2D eigenvalue weighted by Crippen LogP contribution is -2.16. The number of nitrogens with one attached hydrogen (secondary N) is 1. The summed E-state index contributed by atoms with van der Waals surface area (Å²) < 4.78 is 38.7. The molecule has 0 radical (unpaired) electrons. The minimum Gasteiger partial charge on any atom is -0.369 e. The van der Waals surface area contributed by atoms with E-state index in [-0.39, 0.29) is 11.7 Å². The molecule has 21 heavy (non-hydrogen) atoms. The minimum absolute atomic E-state index is 0.0885. The van der Waals surface area contributed by atoms with E-state index in [4.69, 9.17) is 0 Å². The summed E-state index contributed by atoms with van der Waals surface area (Å²) in [6, 6.07) is 10.5. The fourth-order valence-corrected chi connectivity index (χ4v) is 2.85. The molecule has 0 amide bonds. The number of pyridine rings is 1. The first-order chi connectivity index (χ1) is 10.1. The number of anilines is 1. The highest BCUT2D eigenvalue weighted by Gasteiger charge is 2.34. The van der Waals surface area contributed by atoms with Gasteiger partial charge < -0.3 is 5.32 Å². The van der Waals surface area contributed by atoms with Crippen LogP contribution in [0.4, 0.5) is 19.0 Å². The van der Waals surface area contributed by atoms with Crippen LogP contribution in [0, 0.1) is 0 Å². The zero-order valence-corrected chi connectivity index (χ0v) is 11.3. The lowest BCUT2D eigenvalue weighted by atomic mass is 10.0. The Bertz CT molecular complexity index is 637. The van der Waals surface area contributed by atoms with Gasteiger partial charge >= 0.3 is 6.18 Å². The van der Waals surface area contributed by atoms with Gasteiger partial charge in [-0.1, -0.05) is 24.3 Å². The molecule has 3 rings (SSSR count). The van der Waals surface area contributed by atoms with Crippen LogP contribution < -0.4 is 5.32 Å². The molecule has 110 valence electrons. The van der Waals surface area contributed by atoms with Crippen molar-refractivity contribution < 1.29 is 13.2 Å². The van der Waals surface area contributed by atoms with Crippen LogP contribution in [0.1, 0.15) is 29.0 Å². The number of aromatic nitrogens is 1. The average molecular weight is 292 g/mol. The van der Waals surface area contributed by atoms with E-state index < -0.39 is 11.7 Å². The van der Waals surface area contributed by atoms with Crippen molar-refractivity contribution in [3.63, 3.8) is 0 Å². The molecule has 1 N–H and O–H groups in total. The third-order valence-corrected chi connectivity index (χ3v) is 3.89. The topological polar surface area (TPSA) is 24.9 Å². The first-order valence-electron chi connectivity index (χ1n) is 6.89. The summed E-state index contributed by atoms with van der Waals surface area (Å²) in [5, 5.41) is 2.87. The summed E-state index contributed by atoms with van der Waals surface area (Å²) in [6.07, 6.45) is -1.07. The van der Waals surface area contributed by atoms with Gasteiger partial charge in [-0.25, -0.2) is 4.98 Å². The number of hydrogen-bond donors (Lipinski definition) is 1. The molecule has 0 saturated carbocycles. The molecule has 0 fully saturated rings. The SMILES string of the molecule is FC(F)(F)c1cccnc1NCC1CCc2ccccc21. The number of nitrogens with zero attached hydrogens (tertiary/aromatic N) is 1. The smallest absolute Gasteiger partial charge is 0.369 e. The van der Waals surface area contributed by atoms with Gasteiger partial charge in [0.15, 0.2) is 0 Å². The van der Waals surface area contributed by atoms with Crippen molar-refractivity contribution in [2.75, 3.05) is 11.9 Å². The molecule has 1 atom stereocenters. The summed E-state index contributed by atoms with van der Waals surface area (Å²) in [6.45, 7) is 0.469. The molecule has 1 aliphatic rings. The number of fused-ring (bicyclic) bond motifs is 1. The van der Waals surface area contributed by atoms with Crippen LogP contribution in [-0.4, -0.2) is 11.5 Å². The Balaban J connectivity index is 1.75. The van der Waals surface area contributed by atoms with Gasteiger partial charge in [-0.05, 0) is 36.1 Å². The molecule has 1 heterocycles. The summed E-state index contributed by atoms with van der Waals surface area (Å²) in [7, 11) is 0. The van der Waals surface area contributed by atoms with Crippen LogP contribution >= 0.6 is 0 Å². The van der Waals surface area contributed by atoms with Gasteiger partial charge in [-0.3, -0.25) is 0 Å². The maximum atomic E-state index is 12.9. The molecule has 1 aliphatic carbocycles. The number of halogens is 3. The fraction of sp³-hybridized carbons (Fsp3) is 0.312. The minimum atomic E-state index is -4.38. The van der Waals surface area contributed by atoms with Gasteiger partial charge in [0.05, 0.1) is 5.56 Å². The molecule has 0 saturated heterocycles. The zero-order valence-electron chi connectivity index (χ0n) is 11.3. The molecule has 0 aliphatic heterocycles. The summed E-state index contributed by atoms with van der Waals surface area (Å²) in [4.78, 5) is 3.83. The molecule has 2 aromatic rings. The van der Waals surface area contributed by atoms with Crippen LogP contribution in [0.25, 0.3) is 0 Å². The molecule has 1 aromatic heterocycles. The summed E-state index contributed by atoms with van der Waals surface area (Å²) in [5.74, 6) is 0.152. The predicted molar refractivity (Wildman–Crippen MR) is 75.2 cm³/mol. The van der Waals surface area contributed by atoms with E-state index in [1.807, 2.05) is 12.1 Å². The van der Waals surface area contributed by atoms with Crippen molar-refractivity contribution >= 4 is 5.82 Å². The van der Waals surface area contributed by atoms with Crippen molar-refractivity contribution in [3.8, 4) is 0 Å². The van der Waals surface area contributed by atoms with E-state index in [1.54, 1.807) is 0 Å². The maximum absolute atomic E-state index is 12.9.